The summed E-state index contributed by atoms with van der Waals surface area (Å²) in [4.78, 5) is 15.6. The zero-order valence-electron chi connectivity index (χ0n) is 8.40. The van der Waals surface area contributed by atoms with Gasteiger partial charge >= 0.3 is 0 Å². The number of thiazole rings is 1. The minimum absolute atomic E-state index is 0. The van der Waals surface area contributed by atoms with Crippen LogP contribution in [0.15, 0.2) is 5.51 Å². The number of amides is 1. The van der Waals surface area contributed by atoms with Gasteiger partial charge in [-0.3, -0.25) is 4.79 Å². The third kappa shape index (κ3) is 2.90. The molecular weight excluding hydrogens is 234 g/mol. The van der Waals surface area contributed by atoms with Gasteiger partial charge in [-0.25, -0.2) is 4.98 Å². The zero-order valence-corrected chi connectivity index (χ0v) is 10.0. The maximum atomic E-state index is 11.3. The Bertz CT molecular complexity index is 349. The van der Waals surface area contributed by atoms with E-state index >= 15 is 0 Å². The number of carbonyl (C=O) groups excluding carboxylic acids is 1. The first-order valence-corrected chi connectivity index (χ1v) is 5.56. The highest BCUT2D eigenvalue weighted by Crippen LogP contribution is 2.43. The summed E-state index contributed by atoms with van der Waals surface area (Å²) in [7, 11) is 0. The molecule has 1 atom stereocenters. The highest BCUT2D eigenvalue weighted by molar-refractivity contribution is 7.14. The lowest BCUT2D eigenvalue weighted by Crippen LogP contribution is -2.32. The molecule has 0 radical (unpaired) electrons. The highest BCUT2D eigenvalue weighted by atomic mass is 35.5. The molecule has 2 rings (SSSR count). The molecule has 1 fully saturated rings. The van der Waals surface area contributed by atoms with Crippen LogP contribution in [-0.4, -0.2) is 16.9 Å². The largest absolute Gasteiger partial charge is 0.320 e. The van der Waals surface area contributed by atoms with Crippen LogP contribution in [0.4, 0.5) is 5.00 Å². The van der Waals surface area contributed by atoms with Crippen molar-refractivity contribution in [1.29, 1.82) is 0 Å². The molecule has 6 heteroatoms. The summed E-state index contributed by atoms with van der Waals surface area (Å²) >= 11 is 1.46. The van der Waals surface area contributed by atoms with Crippen molar-refractivity contribution in [3.8, 4) is 0 Å². The molecule has 1 amide bonds. The van der Waals surface area contributed by atoms with Gasteiger partial charge in [0.1, 0.15) is 5.00 Å². The van der Waals surface area contributed by atoms with Gasteiger partial charge < -0.3 is 11.1 Å². The summed E-state index contributed by atoms with van der Waals surface area (Å²) in [5, 5.41) is 3.67. The number of hydrogen-bond acceptors (Lipinski definition) is 4. The maximum Gasteiger partial charge on any atom is 0.241 e. The second kappa shape index (κ2) is 4.92. The number of anilines is 1. The predicted molar refractivity (Wildman–Crippen MR) is 63.6 cm³/mol. The van der Waals surface area contributed by atoms with Crippen LogP contribution in [0, 0.1) is 0 Å². The first-order chi connectivity index (χ1) is 6.68. The lowest BCUT2D eigenvalue weighted by molar-refractivity contribution is -0.117. The molecule has 0 spiro atoms. The van der Waals surface area contributed by atoms with E-state index in [9.17, 15) is 4.79 Å². The molecule has 0 aromatic carbocycles. The van der Waals surface area contributed by atoms with Crippen LogP contribution < -0.4 is 11.1 Å². The molecule has 1 aromatic rings. The van der Waals surface area contributed by atoms with E-state index in [-0.39, 0.29) is 18.3 Å². The first kappa shape index (κ1) is 12.4. The Morgan fingerprint density at radius 3 is 2.93 bits per heavy atom. The second-order valence-electron chi connectivity index (χ2n) is 3.62. The summed E-state index contributed by atoms with van der Waals surface area (Å²) in [5.41, 5.74) is 8.27. The Labute approximate surface area is 98.7 Å². The Morgan fingerprint density at radius 2 is 2.40 bits per heavy atom. The van der Waals surface area contributed by atoms with E-state index in [4.69, 9.17) is 5.73 Å². The highest BCUT2D eigenvalue weighted by Gasteiger charge is 2.29. The Kier molecular flexibility index (Phi) is 4.07. The number of carbonyl (C=O) groups is 1. The van der Waals surface area contributed by atoms with Gasteiger partial charge in [-0.15, -0.1) is 23.7 Å². The normalized spacial score (nSPS) is 16.7. The van der Waals surface area contributed by atoms with Crippen molar-refractivity contribution in [3.05, 3.63) is 11.2 Å². The Balaban J connectivity index is 0.00000112. The summed E-state index contributed by atoms with van der Waals surface area (Å²) in [6.07, 6.45) is 2.37. The van der Waals surface area contributed by atoms with Crippen molar-refractivity contribution < 1.29 is 4.79 Å². The summed E-state index contributed by atoms with van der Waals surface area (Å²) in [6.45, 7) is 1.67. The number of nitrogens with one attached hydrogen (secondary N) is 1. The van der Waals surface area contributed by atoms with Crippen LogP contribution >= 0.6 is 23.7 Å². The fourth-order valence-electron chi connectivity index (χ4n) is 1.22. The molecule has 84 valence electrons. The van der Waals surface area contributed by atoms with Crippen molar-refractivity contribution in [2.24, 2.45) is 5.73 Å². The van der Waals surface area contributed by atoms with Gasteiger partial charge in [-0.2, -0.15) is 0 Å². The van der Waals surface area contributed by atoms with Crippen LogP contribution in [0.25, 0.3) is 0 Å². The molecule has 0 saturated heterocycles. The molecule has 4 nitrogen and oxygen atoms in total. The number of rotatable bonds is 3. The standard InChI is InChI=1S/C9H13N3OS.ClH/c1-5(10)8(13)12-9-7(6-2-3-6)11-4-14-9;/h4-6H,2-3,10H2,1H3,(H,12,13);1H. The third-order valence-electron chi connectivity index (χ3n) is 2.21. The average molecular weight is 248 g/mol. The van der Waals surface area contributed by atoms with Gasteiger partial charge in [0.2, 0.25) is 5.91 Å². The van der Waals surface area contributed by atoms with E-state index in [0.717, 1.165) is 10.7 Å². The van der Waals surface area contributed by atoms with Crippen molar-refractivity contribution in [2.75, 3.05) is 5.32 Å². The second-order valence-corrected chi connectivity index (χ2v) is 4.47. The Morgan fingerprint density at radius 1 is 1.73 bits per heavy atom. The van der Waals surface area contributed by atoms with Gasteiger partial charge in [0, 0.05) is 5.92 Å². The Hall–Kier alpha value is -0.650. The predicted octanol–water partition coefficient (Wildman–Crippen LogP) is 1.73. The molecule has 3 N–H and O–H groups in total. The quantitative estimate of drug-likeness (QED) is 0.855. The van der Waals surface area contributed by atoms with Gasteiger partial charge in [0.25, 0.3) is 0 Å². The van der Waals surface area contributed by atoms with E-state index in [2.05, 4.69) is 10.3 Å². The SMILES string of the molecule is CC(N)C(=O)Nc1scnc1C1CC1.Cl. The number of nitrogens with two attached hydrogens (primary N) is 1. The number of nitrogens with zero attached hydrogens (tertiary/aromatic N) is 1. The average Bonchev–Trinajstić information content (AvgIpc) is 2.88. The van der Waals surface area contributed by atoms with Gasteiger partial charge in [-0.1, -0.05) is 0 Å². The van der Waals surface area contributed by atoms with E-state index < -0.39 is 6.04 Å². The molecule has 15 heavy (non-hydrogen) atoms. The van der Waals surface area contributed by atoms with E-state index in [1.54, 1.807) is 12.4 Å². The van der Waals surface area contributed by atoms with Gasteiger partial charge in [-0.05, 0) is 19.8 Å². The van der Waals surface area contributed by atoms with Crippen molar-refractivity contribution in [1.82, 2.24) is 4.98 Å². The molecular formula is C9H14ClN3OS. The maximum absolute atomic E-state index is 11.3. The molecule has 0 aliphatic heterocycles. The summed E-state index contributed by atoms with van der Waals surface area (Å²) in [5.74, 6) is 0.417. The fraction of sp³-hybridized carbons (Fsp3) is 0.556. The topological polar surface area (TPSA) is 68.0 Å². The number of aromatic nitrogens is 1. The fourth-order valence-corrected chi connectivity index (χ4v) is 1.99. The van der Waals surface area contributed by atoms with Crippen molar-refractivity contribution >= 4 is 34.7 Å². The van der Waals surface area contributed by atoms with Crippen LogP contribution in [0.5, 0.6) is 0 Å². The minimum atomic E-state index is -0.468. The van der Waals surface area contributed by atoms with Crippen molar-refractivity contribution in [2.45, 2.75) is 31.7 Å². The third-order valence-corrected chi connectivity index (χ3v) is 2.97. The molecule has 0 bridgehead atoms. The van der Waals surface area contributed by atoms with Crippen LogP contribution in [-0.2, 0) is 4.79 Å². The molecule has 1 aliphatic carbocycles. The molecule has 1 aliphatic rings. The monoisotopic (exact) mass is 247 g/mol. The molecule has 1 aromatic heterocycles. The molecule has 1 saturated carbocycles. The zero-order chi connectivity index (χ0) is 10.1. The van der Waals surface area contributed by atoms with Crippen molar-refractivity contribution in [3.63, 3.8) is 0 Å². The summed E-state index contributed by atoms with van der Waals surface area (Å²) in [6, 6.07) is -0.468. The van der Waals surface area contributed by atoms with E-state index in [1.165, 1.54) is 24.2 Å². The lowest BCUT2D eigenvalue weighted by Gasteiger charge is -2.06. The van der Waals surface area contributed by atoms with E-state index in [1.807, 2.05) is 0 Å². The smallest absolute Gasteiger partial charge is 0.241 e. The number of hydrogen-bond donors (Lipinski definition) is 2. The first-order valence-electron chi connectivity index (χ1n) is 4.68. The number of halogens is 1. The van der Waals surface area contributed by atoms with Crippen LogP contribution in [0.2, 0.25) is 0 Å². The van der Waals surface area contributed by atoms with Gasteiger partial charge in [0.05, 0.1) is 17.2 Å². The van der Waals surface area contributed by atoms with Crippen LogP contribution in [0.1, 0.15) is 31.4 Å². The summed E-state index contributed by atoms with van der Waals surface area (Å²) < 4.78 is 0. The molecule has 1 heterocycles. The minimum Gasteiger partial charge on any atom is -0.320 e. The lowest BCUT2D eigenvalue weighted by atomic mass is 10.3. The van der Waals surface area contributed by atoms with Crippen LogP contribution in [0.3, 0.4) is 0 Å². The molecule has 1 unspecified atom stereocenters. The van der Waals surface area contributed by atoms with Gasteiger partial charge in [0.15, 0.2) is 0 Å². The van der Waals surface area contributed by atoms with E-state index in [0.29, 0.717) is 5.92 Å².